The van der Waals surface area contributed by atoms with Gasteiger partial charge in [-0.3, -0.25) is 4.68 Å². The molecule has 2 N–H and O–H groups in total. The molecule has 0 fully saturated rings. The Morgan fingerprint density at radius 1 is 1.35 bits per heavy atom. The Hall–Kier alpha value is -1.04. The maximum Gasteiger partial charge on any atom is 0.390 e. The van der Waals surface area contributed by atoms with Gasteiger partial charge in [0, 0.05) is 30.3 Å². The maximum absolute atomic E-state index is 12.3. The molecule has 98 valence electrons. The Morgan fingerprint density at radius 2 is 1.88 bits per heavy atom. The van der Waals surface area contributed by atoms with Crippen molar-refractivity contribution < 1.29 is 13.2 Å². The Labute approximate surface area is 98.8 Å². The number of hydrogen-bond acceptors (Lipinski definition) is 2. The quantitative estimate of drug-likeness (QED) is 0.875. The topological polar surface area (TPSA) is 43.8 Å². The summed E-state index contributed by atoms with van der Waals surface area (Å²) in [6, 6.07) is -1.06. The van der Waals surface area contributed by atoms with Crippen molar-refractivity contribution in [2.45, 2.75) is 44.8 Å². The largest absolute Gasteiger partial charge is 0.390 e. The van der Waals surface area contributed by atoms with E-state index in [9.17, 15) is 13.2 Å². The molecule has 0 radical (unpaired) electrons. The van der Waals surface area contributed by atoms with Crippen molar-refractivity contribution in [2.24, 2.45) is 12.8 Å². The molecule has 0 aliphatic rings. The average molecular weight is 249 g/mol. The van der Waals surface area contributed by atoms with E-state index < -0.39 is 18.6 Å². The van der Waals surface area contributed by atoms with Crippen LogP contribution in [0, 0.1) is 0 Å². The van der Waals surface area contributed by atoms with Crippen LogP contribution in [0.1, 0.15) is 44.5 Å². The van der Waals surface area contributed by atoms with Crippen LogP contribution in [0.2, 0.25) is 0 Å². The third-order valence-electron chi connectivity index (χ3n) is 2.42. The molecule has 0 saturated carbocycles. The summed E-state index contributed by atoms with van der Waals surface area (Å²) in [5, 5.41) is 4.20. The van der Waals surface area contributed by atoms with Crippen LogP contribution in [-0.2, 0) is 12.5 Å². The molecule has 1 aromatic rings. The molecule has 3 nitrogen and oxygen atoms in total. The van der Waals surface area contributed by atoms with Crippen LogP contribution < -0.4 is 5.73 Å². The predicted octanol–water partition coefficient (Wildman–Crippen LogP) is 2.67. The van der Waals surface area contributed by atoms with Gasteiger partial charge < -0.3 is 5.73 Å². The van der Waals surface area contributed by atoms with Crippen molar-refractivity contribution in [3.8, 4) is 0 Å². The van der Waals surface area contributed by atoms with Gasteiger partial charge >= 0.3 is 6.18 Å². The summed E-state index contributed by atoms with van der Waals surface area (Å²) in [6.07, 6.45) is -3.72. The van der Waals surface area contributed by atoms with Crippen molar-refractivity contribution in [3.63, 3.8) is 0 Å². The van der Waals surface area contributed by atoms with Crippen LogP contribution in [0.3, 0.4) is 0 Å². The number of nitrogens with two attached hydrogens (primary N) is 1. The molecule has 0 aliphatic heterocycles. The van der Waals surface area contributed by atoms with Crippen molar-refractivity contribution in [1.82, 2.24) is 9.78 Å². The van der Waals surface area contributed by atoms with E-state index in [-0.39, 0.29) is 5.41 Å². The van der Waals surface area contributed by atoms with E-state index in [1.807, 2.05) is 20.8 Å². The Bertz CT molecular complexity index is 388. The molecule has 1 rings (SSSR count). The molecule has 0 saturated heterocycles. The minimum absolute atomic E-state index is 0.320. The molecule has 6 heteroatoms. The highest BCUT2D eigenvalue weighted by atomic mass is 19.4. The highest BCUT2D eigenvalue weighted by molar-refractivity contribution is 5.27. The first-order valence-corrected chi connectivity index (χ1v) is 5.37. The first-order valence-electron chi connectivity index (χ1n) is 5.37. The molecule has 1 unspecified atom stereocenters. The van der Waals surface area contributed by atoms with Crippen molar-refractivity contribution in [2.75, 3.05) is 0 Å². The predicted molar refractivity (Wildman–Crippen MR) is 59.5 cm³/mol. The van der Waals surface area contributed by atoms with E-state index >= 15 is 0 Å². The van der Waals surface area contributed by atoms with Gasteiger partial charge in [0.1, 0.15) is 0 Å². The molecule has 0 spiro atoms. The summed E-state index contributed by atoms with van der Waals surface area (Å²) in [6.45, 7) is 5.71. The summed E-state index contributed by atoms with van der Waals surface area (Å²) in [4.78, 5) is 0. The second-order valence-electron chi connectivity index (χ2n) is 5.28. The minimum atomic E-state index is -4.26. The van der Waals surface area contributed by atoms with Crippen LogP contribution in [0.15, 0.2) is 6.20 Å². The number of rotatable bonds is 2. The number of aromatic nitrogens is 2. The van der Waals surface area contributed by atoms with Crippen LogP contribution in [0.25, 0.3) is 0 Å². The molecular formula is C11H18F3N3. The molecule has 0 amide bonds. The van der Waals surface area contributed by atoms with Gasteiger partial charge in [-0.1, -0.05) is 20.8 Å². The zero-order chi connectivity index (χ0) is 13.4. The second-order valence-corrected chi connectivity index (χ2v) is 5.28. The Morgan fingerprint density at radius 3 is 2.29 bits per heavy atom. The number of halogens is 3. The van der Waals surface area contributed by atoms with Gasteiger partial charge in [0.2, 0.25) is 0 Å². The molecule has 0 aromatic carbocycles. The lowest BCUT2D eigenvalue weighted by molar-refractivity contribution is -0.138. The number of aryl methyl sites for hydroxylation is 1. The normalized spacial score (nSPS) is 15.1. The number of alkyl halides is 3. The molecular weight excluding hydrogens is 231 g/mol. The third kappa shape index (κ3) is 3.73. The summed E-state index contributed by atoms with van der Waals surface area (Å²) in [5.74, 6) is 0. The van der Waals surface area contributed by atoms with E-state index in [4.69, 9.17) is 5.73 Å². The standard InChI is InChI=1S/C11H18F3N3/c1-10(2,3)9-7(6-17(4)16-9)8(15)5-11(12,13)14/h6,8H,5,15H2,1-4H3. The first-order chi connectivity index (χ1) is 7.50. The molecule has 1 heterocycles. The lowest BCUT2D eigenvalue weighted by Crippen LogP contribution is -2.23. The van der Waals surface area contributed by atoms with Gasteiger partial charge in [0.05, 0.1) is 12.1 Å². The zero-order valence-electron chi connectivity index (χ0n) is 10.5. The smallest absolute Gasteiger partial charge is 0.324 e. The zero-order valence-corrected chi connectivity index (χ0v) is 10.5. The number of hydrogen-bond donors (Lipinski definition) is 1. The lowest BCUT2D eigenvalue weighted by Gasteiger charge is -2.21. The van der Waals surface area contributed by atoms with E-state index in [0.29, 0.717) is 11.3 Å². The molecule has 1 atom stereocenters. The van der Waals surface area contributed by atoms with Crippen LogP contribution in [-0.4, -0.2) is 16.0 Å². The third-order valence-corrected chi connectivity index (χ3v) is 2.42. The van der Waals surface area contributed by atoms with E-state index in [1.54, 1.807) is 13.2 Å². The second kappa shape index (κ2) is 4.33. The van der Waals surface area contributed by atoms with Crippen LogP contribution in [0.4, 0.5) is 13.2 Å². The van der Waals surface area contributed by atoms with Crippen LogP contribution in [0.5, 0.6) is 0 Å². The lowest BCUT2D eigenvalue weighted by atomic mass is 9.87. The van der Waals surface area contributed by atoms with Crippen molar-refractivity contribution in [3.05, 3.63) is 17.5 Å². The average Bonchev–Trinajstić information content (AvgIpc) is 2.43. The van der Waals surface area contributed by atoms with Gasteiger partial charge in [0.25, 0.3) is 0 Å². The van der Waals surface area contributed by atoms with Crippen LogP contribution >= 0.6 is 0 Å². The van der Waals surface area contributed by atoms with Gasteiger partial charge in [-0.25, -0.2) is 0 Å². The van der Waals surface area contributed by atoms with Crippen molar-refractivity contribution >= 4 is 0 Å². The fourth-order valence-corrected chi connectivity index (χ4v) is 1.72. The highest BCUT2D eigenvalue weighted by Gasteiger charge is 2.34. The van der Waals surface area contributed by atoms with E-state index in [0.717, 1.165) is 0 Å². The van der Waals surface area contributed by atoms with Crippen molar-refractivity contribution in [1.29, 1.82) is 0 Å². The fraction of sp³-hybridized carbons (Fsp3) is 0.727. The Kier molecular flexibility index (Phi) is 3.57. The fourth-order valence-electron chi connectivity index (χ4n) is 1.72. The van der Waals surface area contributed by atoms with Gasteiger partial charge in [-0.2, -0.15) is 18.3 Å². The van der Waals surface area contributed by atoms with E-state index in [2.05, 4.69) is 5.10 Å². The molecule has 0 aliphatic carbocycles. The number of nitrogens with zero attached hydrogens (tertiary/aromatic N) is 2. The molecule has 0 bridgehead atoms. The SMILES string of the molecule is Cn1cc(C(N)CC(F)(F)F)c(C(C)(C)C)n1. The minimum Gasteiger partial charge on any atom is -0.324 e. The molecule has 1 aromatic heterocycles. The van der Waals surface area contributed by atoms with Gasteiger partial charge in [-0.05, 0) is 0 Å². The first kappa shape index (κ1) is 14.0. The summed E-state index contributed by atoms with van der Waals surface area (Å²) in [5.41, 5.74) is 6.39. The highest BCUT2D eigenvalue weighted by Crippen LogP contribution is 2.33. The maximum atomic E-state index is 12.3. The van der Waals surface area contributed by atoms with E-state index in [1.165, 1.54) is 4.68 Å². The Balaban J connectivity index is 3.05. The summed E-state index contributed by atoms with van der Waals surface area (Å²) < 4.78 is 38.5. The monoisotopic (exact) mass is 249 g/mol. The van der Waals surface area contributed by atoms with Gasteiger partial charge in [0.15, 0.2) is 0 Å². The molecule has 17 heavy (non-hydrogen) atoms. The summed E-state index contributed by atoms with van der Waals surface area (Å²) >= 11 is 0. The summed E-state index contributed by atoms with van der Waals surface area (Å²) in [7, 11) is 1.68. The van der Waals surface area contributed by atoms with Gasteiger partial charge in [-0.15, -0.1) is 0 Å².